The SMILES string of the molecule is CC(C)(CCN)C(N)C1CCOCC1. The van der Waals surface area contributed by atoms with Crippen molar-refractivity contribution < 1.29 is 4.74 Å². The lowest BCUT2D eigenvalue weighted by atomic mass is 9.73. The van der Waals surface area contributed by atoms with Gasteiger partial charge in [-0.1, -0.05) is 13.8 Å². The van der Waals surface area contributed by atoms with Gasteiger partial charge < -0.3 is 16.2 Å². The van der Waals surface area contributed by atoms with Crippen LogP contribution in [0.15, 0.2) is 0 Å². The molecule has 0 radical (unpaired) electrons. The van der Waals surface area contributed by atoms with Crippen molar-refractivity contribution in [2.24, 2.45) is 22.8 Å². The molecule has 84 valence electrons. The van der Waals surface area contributed by atoms with Crippen molar-refractivity contribution in [3.63, 3.8) is 0 Å². The fourth-order valence-corrected chi connectivity index (χ4v) is 2.25. The summed E-state index contributed by atoms with van der Waals surface area (Å²) in [4.78, 5) is 0. The molecule has 1 atom stereocenters. The minimum absolute atomic E-state index is 0.163. The van der Waals surface area contributed by atoms with Crippen LogP contribution in [0.2, 0.25) is 0 Å². The predicted octanol–water partition coefficient (Wildman–Crippen LogP) is 1.12. The molecule has 0 spiro atoms. The lowest BCUT2D eigenvalue weighted by Crippen LogP contribution is -2.46. The highest BCUT2D eigenvalue weighted by Gasteiger charge is 2.32. The van der Waals surface area contributed by atoms with Crippen LogP contribution in [0, 0.1) is 11.3 Å². The van der Waals surface area contributed by atoms with Crippen molar-refractivity contribution in [2.75, 3.05) is 19.8 Å². The molecular formula is C11H24N2O. The van der Waals surface area contributed by atoms with Gasteiger partial charge in [0.25, 0.3) is 0 Å². The molecule has 0 aromatic rings. The number of hydrogen-bond acceptors (Lipinski definition) is 3. The summed E-state index contributed by atoms with van der Waals surface area (Å²) in [5.41, 5.74) is 12.1. The smallest absolute Gasteiger partial charge is 0.0469 e. The van der Waals surface area contributed by atoms with Crippen LogP contribution in [-0.4, -0.2) is 25.8 Å². The first-order valence-corrected chi connectivity index (χ1v) is 5.61. The lowest BCUT2D eigenvalue weighted by molar-refractivity contribution is 0.0395. The zero-order valence-corrected chi connectivity index (χ0v) is 9.46. The molecule has 14 heavy (non-hydrogen) atoms. The molecule has 0 amide bonds. The molecule has 0 aliphatic carbocycles. The van der Waals surface area contributed by atoms with E-state index < -0.39 is 0 Å². The molecule has 1 heterocycles. The largest absolute Gasteiger partial charge is 0.381 e. The van der Waals surface area contributed by atoms with E-state index in [0.29, 0.717) is 5.92 Å². The summed E-state index contributed by atoms with van der Waals surface area (Å²) < 4.78 is 5.34. The molecule has 1 aliphatic rings. The van der Waals surface area contributed by atoms with Gasteiger partial charge in [-0.25, -0.2) is 0 Å². The fraction of sp³-hybridized carbons (Fsp3) is 1.00. The van der Waals surface area contributed by atoms with Gasteiger partial charge in [0.15, 0.2) is 0 Å². The number of hydrogen-bond donors (Lipinski definition) is 2. The Morgan fingerprint density at radius 3 is 2.43 bits per heavy atom. The van der Waals surface area contributed by atoms with Crippen LogP contribution in [0.4, 0.5) is 0 Å². The Balaban J connectivity index is 2.48. The Labute approximate surface area is 87.2 Å². The molecule has 0 bridgehead atoms. The highest BCUT2D eigenvalue weighted by Crippen LogP contribution is 2.32. The normalized spacial score (nSPS) is 22.3. The summed E-state index contributed by atoms with van der Waals surface area (Å²) >= 11 is 0. The topological polar surface area (TPSA) is 61.3 Å². The summed E-state index contributed by atoms with van der Waals surface area (Å²) in [6.07, 6.45) is 3.22. The Morgan fingerprint density at radius 1 is 1.36 bits per heavy atom. The Kier molecular flexibility index (Phi) is 4.35. The monoisotopic (exact) mass is 200 g/mol. The zero-order valence-electron chi connectivity index (χ0n) is 9.46. The fourth-order valence-electron chi connectivity index (χ4n) is 2.25. The quantitative estimate of drug-likeness (QED) is 0.715. The average molecular weight is 200 g/mol. The van der Waals surface area contributed by atoms with E-state index in [-0.39, 0.29) is 11.5 Å². The van der Waals surface area contributed by atoms with Gasteiger partial charge in [0.2, 0.25) is 0 Å². The van der Waals surface area contributed by atoms with Crippen LogP contribution in [0.5, 0.6) is 0 Å². The highest BCUT2D eigenvalue weighted by atomic mass is 16.5. The van der Waals surface area contributed by atoms with Gasteiger partial charge in [0.1, 0.15) is 0 Å². The minimum atomic E-state index is 0.163. The molecule has 0 aromatic heterocycles. The molecular weight excluding hydrogens is 176 g/mol. The molecule has 0 saturated carbocycles. The van der Waals surface area contributed by atoms with Gasteiger partial charge in [-0.15, -0.1) is 0 Å². The maximum Gasteiger partial charge on any atom is 0.0469 e. The van der Waals surface area contributed by atoms with E-state index >= 15 is 0 Å². The van der Waals surface area contributed by atoms with Crippen molar-refractivity contribution in [1.29, 1.82) is 0 Å². The summed E-state index contributed by atoms with van der Waals surface area (Å²) in [6, 6.07) is 0.259. The molecule has 1 unspecified atom stereocenters. The Hall–Kier alpha value is -0.120. The minimum Gasteiger partial charge on any atom is -0.381 e. The molecule has 1 saturated heterocycles. The van der Waals surface area contributed by atoms with Gasteiger partial charge in [0, 0.05) is 19.3 Å². The van der Waals surface area contributed by atoms with Gasteiger partial charge in [-0.2, -0.15) is 0 Å². The van der Waals surface area contributed by atoms with Crippen molar-refractivity contribution in [2.45, 2.75) is 39.2 Å². The molecule has 0 aromatic carbocycles. The van der Waals surface area contributed by atoms with Crippen LogP contribution in [0.25, 0.3) is 0 Å². The maximum atomic E-state index is 6.30. The van der Waals surface area contributed by atoms with E-state index in [4.69, 9.17) is 16.2 Å². The van der Waals surface area contributed by atoms with E-state index in [1.807, 2.05) is 0 Å². The second-order valence-corrected chi connectivity index (χ2v) is 5.00. The van der Waals surface area contributed by atoms with Gasteiger partial charge in [-0.3, -0.25) is 0 Å². The van der Waals surface area contributed by atoms with E-state index in [1.165, 1.54) is 0 Å². The molecule has 1 rings (SSSR count). The van der Waals surface area contributed by atoms with Crippen molar-refractivity contribution >= 4 is 0 Å². The van der Waals surface area contributed by atoms with Crippen molar-refractivity contribution in [3.8, 4) is 0 Å². The average Bonchev–Trinajstić information content (AvgIpc) is 2.18. The van der Waals surface area contributed by atoms with Gasteiger partial charge >= 0.3 is 0 Å². The highest BCUT2D eigenvalue weighted by molar-refractivity contribution is 4.87. The molecule has 3 nitrogen and oxygen atoms in total. The first-order valence-electron chi connectivity index (χ1n) is 5.61. The molecule has 1 aliphatic heterocycles. The third-order valence-electron chi connectivity index (χ3n) is 3.46. The third-order valence-corrected chi connectivity index (χ3v) is 3.46. The van der Waals surface area contributed by atoms with Crippen molar-refractivity contribution in [3.05, 3.63) is 0 Å². The Morgan fingerprint density at radius 2 is 1.93 bits per heavy atom. The first kappa shape index (κ1) is 12.0. The van der Waals surface area contributed by atoms with E-state index in [2.05, 4.69) is 13.8 Å². The van der Waals surface area contributed by atoms with Gasteiger partial charge in [-0.05, 0) is 37.1 Å². The molecule has 1 fully saturated rings. The van der Waals surface area contributed by atoms with E-state index in [9.17, 15) is 0 Å². The predicted molar refractivity (Wildman–Crippen MR) is 59.0 cm³/mol. The molecule has 3 heteroatoms. The van der Waals surface area contributed by atoms with Crippen LogP contribution >= 0.6 is 0 Å². The summed E-state index contributed by atoms with van der Waals surface area (Å²) in [5, 5.41) is 0. The van der Waals surface area contributed by atoms with Crippen molar-refractivity contribution in [1.82, 2.24) is 0 Å². The summed E-state index contributed by atoms with van der Waals surface area (Å²) in [7, 11) is 0. The number of rotatable bonds is 4. The second kappa shape index (κ2) is 5.10. The van der Waals surface area contributed by atoms with Crippen LogP contribution < -0.4 is 11.5 Å². The summed E-state index contributed by atoms with van der Waals surface area (Å²) in [5.74, 6) is 0.616. The number of ether oxygens (including phenoxy) is 1. The molecule has 4 N–H and O–H groups in total. The van der Waals surface area contributed by atoms with Crippen LogP contribution in [0.1, 0.15) is 33.1 Å². The maximum absolute atomic E-state index is 6.30. The van der Waals surface area contributed by atoms with Gasteiger partial charge in [0.05, 0.1) is 0 Å². The van der Waals surface area contributed by atoms with Crippen LogP contribution in [0.3, 0.4) is 0 Å². The zero-order chi connectivity index (χ0) is 10.6. The standard InChI is InChI=1S/C11H24N2O/c1-11(2,5-6-12)10(13)9-3-7-14-8-4-9/h9-10H,3-8,12-13H2,1-2H3. The first-order chi connectivity index (χ1) is 6.58. The lowest BCUT2D eigenvalue weighted by Gasteiger charge is -2.38. The van der Waals surface area contributed by atoms with E-state index in [0.717, 1.165) is 39.0 Å². The Bertz CT molecular complexity index is 165. The summed E-state index contributed by atoms with van der Waals surface area (Å²) in [6.45, 7) is 6.91. The number of nitrogens with two attached hydrogens (primary N) is 2. The van der Waals surface area contributed by atoms with Crippen LogP contribution in [-0.2, 0) is 4.74 Å². The second-order valence-electron chi connectivity index (χ2n) is 5.00. The third kappa shape index (κ3) is 2.94. The van der Waals surface area contributed by atoms with E-state index in [1.54, 1.807) is 0 Å².